The normalized spacial score (nSPS) is 20.0. The number of amides is 4. The lowest BCUT2D eigenvalue weighted by Gasteiger charge is -2.28. The molecule has 3 saturated heterocycles. The molecule has 0 radical (unpaired) electrons. The summed E-state index contributed by atoms with van der Waals surface area (Å²) < 4.78 is 67.7. The van der Waals surface area contributed by atoms with E-state index in [0.717, 1.165) is 5.56 Å². The number of alkyl carbamates (subject to hydrolysis) is 4. The number of carboxylic acid groups (broad SMARTS) is 2. The van der Waals surface area contributed by atoms with Gasteiger partial charge in [-0.2, -0.15) is 0 Å². The van der Waals surface area contributed by atoms with E-state index in [0.29, 0.717) is 82.3 Å². The first-order valence-corrected chi connectivity index (χ1v) is 37.2. The van der Waals surface area contributed by atoms with Crippen molar-refractivity contribution >= 4 is 54.2 Å². The van der Waals surface area contributed by atoms with Crippen molar-refractivity contribution in [3.05, 3.63) is 58.5 Å². The van der Waals surface area contributed by atoms with E-state index in [1.807, 2.05) is 85.7 Å². The summed E-state index contributed by atoms with van der Waals surface area (Å²) in [4.78, 5) is 107. The Balaban J connectivity index is 0.00000133. The van der Waals surface area contributed by atoms with Crippen molar-refractivity contribution in [3.63, 3.8) is 0 Å². The lowest BCUT2D eigenvalue weighted by Crippen LogP contribution is -2.47. The first-order chi connectivity index (χ1) is 49.7. The zero-order valence-corrected chi connectivity index (χ0v) is 67.9. The summed E-state index contributed by atoms with van der Waals surface area (Å²) in [6, 6.07) is 7.58. The number of rotatable bonds is 33. The number of alkyl halides is 2. The average Bonchev–Trinajstić information content (AvgIpc) is 1.70. The molecule has 3 aliphatic rings. The lowest BCUT2D eigenvalue weighted by atomic mass is 9.93. The average molecular weight is 1540 g/mol. The number of carbonyl (C=O) groups excluding carboxylic acids is 7. The van der Waals surface area contributed by atoms with Crippen molar-refractivity contribution in [2.75, 3.05) is 26.6 Å². The molecule has 4 amide bonds. The molecule has 108 heavy (non-hydrogen) atoms. The SMILES string of the molecule is C=C(C[C@H](O)[C@H](CC(C)C)NC(=O)OC(C)(C)C)C(=O)O.CC(C)C[C@@H](N=[N+]=[N-])[C@@H]1CC(COCc2ccccc2)C(=O)O1.CC(C)C[C@H](NC(=O)OC(C)(C)C)[C@@H](O)C[C@@H](CF)C(=O)O.CC(C)C[C@H](NC(=O)OC(C)(C)C)[C@@H]1C[C@@H](CF)C(=O)O1.CC(C)C[C@H](NC(=O)OC(C)(C)C)[C@@H]1C[C@@H](CO)C(=O)O1. The number of cyclic esters (lactones) is 3. The quantitative estimate of drug-likeness (QED) is 0.00788. The molecule has 0 bridgehead atoms. The van der Waals surface area contributed by atoms with Gasteiger partial charge in [-0.05, 0) is 162 Å². The number of aliphatic hydroxyl groups excluding tert-OH is 3. The van der Waals surface area contributed by atoms with Gasteiger partial charge in [0.15, 0.2) is 0 Å². The van der Waals surface area contributed by atoms with Crippen molar-refractivity contribution in [2.24, 2.45) is 58.4 Å². The first-order valence-electron chi connectivity index (χ1n) is 37.2. The summed E-state index contributed by atoms with van der Waals surface area (Å²) in [6.45, 7) is 43.1. The fourth-order valence-corrected chi connectivity index (χ4v) is 11.1. The number of azide groups is 1. The van der Waals surface area contributed by atoms with Crippen LogP contribution in [0.15, 0.2) is 47.6 Å². The number of nitrogens with zero attached hydrogens (tertiary/aromatic N) is 3. The first kappa shape index (κ1) is 100. The fraction of sp³-hybridized carbons (Fsp3) is 0.779. The van der Waals surface area contributed by atoms with Gasteiger partial charge < -0.3 is 84.7 Å². The molecule has 3 aliphatic heterocycles. The number of carbonyl (C=O) groups is 9. The standard InChI is InChI=1S/C17H23N3O3.C15H28FNO5.C15H26FNO4.2C15H27NO5/c1-12(2)8-15(19-20-18)16-9-14(17(21)23-16)11-22-10-13-6-4-3-5-7-13;1-9(2)6-11(17-14(21)22-15(3,4)5)12(18)7-10(8-16)13(19)20;1-9(2)6-11(17-14(19)21-15(3,4)5)12-7-10(8-16)13(18)20-12;1-9(2)6-11(16-14(19)21-15(3,4)5)12-7-10(8-17)13(18)20-12;1-9(2)7-11(12(17)8-10(3)13(18)19)16-14(20)21-15(4,5)6/h3-7,12,14-16H,8-11H2,1-2H3;9-12,18H,6-8H2,1-5H3,(H,17,21)(H,19,20);9-12H,6-8H2,1-5H3,(H,17,19);9-12,17H,6-8H2,1-5H3,(H,16,19);9,11-12,17H,3,7-8H2,1-2,4-6H3,(H,16,20)(H,18,19)/t14?,15-,16+;3*10-,11-,12-;11-,12-/m10000/s1. The summed E-state index contributed by atoms with van der Waals surface area (Å²) >= 11 is 0. The molecule has 3 fully saturated rings. The molecule has 31 heteroatoms. The monoisotopic (exact) mass is 1540 g/mol. The van der Waals surface area contributed by atoms with Gasteiger partial charge in [0.05, 0.1) is 85.9 Å². The second-order valence-electron chi connectivity index (χ2n) is 33.7. The van der Waals surface area contributed by atoms with Gasteiger partial charge in [0.2, 0.25) is 0 Å². The molecule has 0 saturated carbocycles. The number of carboxylic acids is 2. The van der Waals surface area contributed by atoms with E-state index < -0.39 is 138 Å². The molecule has 14 atom stereocenters. The number of hydrogen-bond acceptors (Lipinski definition) is 21. The van der Waals surface area contributed by atoms with E-state index in [-0.39, 0.29) is 73.0 Å². The molecule has 29 nitrogen and oxygen atoms in total. The topological polar surface area (TPSA) is 425 Å². The van der Waals surface area contributed by atoms with Gasteiger partial charge in [0, 0.05) is 36.2 Å². The third-order valence-corrected chi connectivity index (χ3v) is 15.9. The molecule has 1 unspecified atom stereocenters. The maximum absolute atomic E-state index is 12.7. The van der Waals surface area contributed by atoms with Gasteiger partial charge in [-0.25, -0.2) is 24.0 Å². The molecule has 1 aromatic carbocycles. The minimum atomic E-state index is -1.30. The van der Waals surface area contributed by atoms with Crippen LogP contribution in [0.3, 0.4) is 0 Å². The van der Waals surface area contributed by atoms with Crippen LogP contribution in [0.5, 0.6) is 0 Å². The Morgan fingerprint density at radius 2 is 0.926 bits per heavy atom. The molecule has 3 heterocycles. The third kappa shape index (κ3) is 45.4. The smallest absolute Gasteiger partial charge is 0.408 e. The summed E-state index contributed by atoms with van der Waals surface area (Å²) in [6.07, 6.45) is -1.98. The summed E-state index contributed by atoms with van der Waals surface area (Å²) in [5.74, 6) is -5.05. The maximum atomic E-state index is 12.7. The highest BCUT2D eigenvalue weighted by molar-refractivity contribution is 5.85. The van der Waals surface area contributed by atoms with E-state index in [9.17, 15) is 62.1 Å². The van der Waals surface area contributed by atoms with Crippen molar-refractivity contribution in [3.8, 4) is 0 Å². The van der Waals surface area contributed by atoms with Crippen molar-refractivity contribution < 1.29 is 115 Å². The maximum Gasteiger partial charge on any atom is 0.408 e. The van der Waals surface area contributed by atoms with Gasteiger partial charge >= 0.3 is 54.2 Å². The summed E-state index contributed by atoms with van der Waals surface area (Å²) in [5.41, 5.74) is 7.19. The number of aliphatic carboxylic acids is 2. The van der Waals surface area contributed by atoms with Crippen LogP contribution < -0.4 is 21.3 Å². The minimum absolute atomic E-state index is 0.0951. The van der Waals surface area contributed by atoms with Gasteiger partial charge in [0.25, 0.3) is 0 Å². The van der Waals surface area contributed by atoms with E-state index in [4.69, 9.17) is 58.7 Å². The highest BCUT2D eigenvalue weighted by Crippen LogP contribution is 2.31. The van der Waals surface area contributed by atoms with Crippen LogP contribution in [-0.2, 0) is 68.5 Å². The Kier molecular flexibility index (Phi) is 45.4. The Labute approximate surface area is 638 Å². The number of nitrogens with one attached hydrogen (secondary N) is 4. The number of halogens is 2. The minimum Gasteiger partial charge on any atom is -0.481 e. The third-order valence-electron chi connectivity index (χ3n) is 15.9. The number of benzene rings is 1. The second-order valence-corrected chi connectivity index (χ2v) is 33.7. The summed E-state index contributed by atoms with van der Waals surface area (Å²) in [7, 11) is 0. The zero-order valence-electron chi connectivity index (χ0n) is 67.9. The molecule has 0 aliphatic carbocycles. The lowest BCUT2D eigenvalue weighted by molar-refractivity contribution is -0.147. The Hall–Kier alpha value is -7.60. The van der Waals surface area contributed by atoms with Crippen LogP contribution in [0, 0.1) is 53.3 Å². The summed E-state index contributed by atoms with van der Waals surface area (Å²) in [5, 5.41) is 61.6. The number of hydrogen-bond donors (Lipinski definition) is 9. The Bertz CT molecular complexity index is 2890. The van der Waals surface area contributed by atoms with Gasteiger partial charge in [0.1, 0.15) is 54.1 Å². The Morgan fingerprint density at radius 3 is 1.27 bits per heavy atom. The van der Waals surface area contributed by atoms with E-state index in [1.165, 1.54) is 0 Å². The van der Waals surface area contributed by atoms with Crippen LogP contribution in [0.4, 0.5) is 28.0 Å². The molecule has 1 aromatic rings. The number of ether oxygens (including phenoxy) is 8. The van der Waals surface area contributed by atoms with Crippen LogP contribution in [0.1, 0.15) is 222 Å². The van der Waals surface area contributed by atoms with Crippen molar-refractivity contribution in [1.29, 1.82) is 0 Å². The predicted molar refractivity (Wildman–Crippen MR) is 401 cm³/mol. The van der Waals surface area contributed by atoms with Crippen LogP contribution in [-0.4, -0.2) is 189 Å². The second kappa shape index (κ2) is 48.8. The highest BCUT2D eigenvalue weighted by Gasteiger charge is 2.43. The highest BCUT2D eigenvalue weighted by atomic mass is 19.1. The molecule has 620 valence electrons. The van der Waals surface area contributed by atoms with Crippen molar-refractivity contribution in [1.82, 2.24) is 21.3 Å². The fourth-order valence-electron chi connectivity index (χ4n) is 11.1. The van der Waals surface area contributed by atoms with Crippen LogP contribution >= 0.6 is 0 Å². The molecule has 0 aromatic heterocycles. The largest absolute Gasteiger partial charge is 0.481 e. The van der Waals surface area contributed by atoms with E-state index >= 15 is 0 Å². The Morgan fingerprint density at radius 1 is 0.556 bits per heavy atom. The number of aliphatic hydroxyl groups is 3. The van der Waals surface area contributed by atoms with Gasteiger partial charge in [-0.3, -0.25) is 28.0 Å². The molecule has 9 N–H and O–H groups in total. The zero-order chi connectivity index (χ0) is 83.4. The predicted octanol–water partition coefficient (Wildman–Crippen LogP) is 13.2. The van der Waals surface area contributed by atoms with Gasteiger partial charge in [-0.15, -0.1) is 0 Å². The van der Waals surface area contributed by atoms with Crippen molar-refractivity contribution in [2.45, 2.75) is 306 Å². The van der Waals surface area contributed by atoms with Crippen LogP contribution in [0.2, 0.25) is 0 Å². The van der Waals surface area contributed by atoms with Crippen LogP contribution in [0.25, 0.3) is 10.4 Å². The number of esters is 3. The molecular weight excluding hydrogens is 1410 g/mol. The molecule has 4 rings (SSSR count). The van der Waals surface area contributed by atoms with E-state index in [1.54, 1.807) is 83.1 Å². The molecular formula is C77H131F2N7O22. The molecule has 0 spiro atoms. The van der Waals surface area contributed by atoms with E-state index in [2.05, 4.69) is 51.7 Å². The van der Waals surface area contributed by atoms with Gasteiger partial charge in [-0.1, -0.05) is 111 Å².